The first-order valence-electron chi connectivity index (χ1n) is 6.78. The van der Waals surface area contributed by atoms with Gasteiger partial charge in [-0.2, -0.15) is 0 Å². The highest BCUT2D eigenvalue weighted by Gasteiger charge is 2.30. The van der Waals surface area contributed by atoms with Crippen LogP contribution < -0.4 is 20.1 Å². The predicted molar refractivity (Wildman–Crippen MR) is 79.3 cm³/mol. The van der Waals surface area contributed by atoms with Crippen molar-refractivity contribution in [1.82, 2.24) is 5.32 Å². The van der Waals surface area contributed by atoms with E-state index in [-0.39, 0.29) is 17.9 Å². The van der Waals surface area contributed by atoms with E-state index >= 15 is 0 Å². The fraction of sp³-hybridized carbons (Fsp3) is 0.500. The number of nitrogens with one attached hydrogen (secondary N) is 2. The van der Waals surface area contributed by atoms with Crippen molar-refractivity contribution in [2.75, 3.05) is 25.1 Å². The number of carbonyl (C=O) groups excluding carboxylic acids is 1. The number of rotatable bonds is 2. The highest BCUT2D eigenvalue weighted by Crippen LogP contribution is 2.38. The minimum absolute atomic E-state index is 0.00935. The van der Waals surface area contributed by atoms with E-state index < -0.39 is 0 Å². The highest BCUT2D eigenvalue weighted by atomic mass is 79.9. The monoisotopic (exact) mass is 340 g/mol. The summed E-state index contributed by atoms with van der Waals surface area (Å²) in [6.45, 7) is 4.01. The van der Waals surface area contributed by atoms with Crippen LogP contribution in [0.5, 0.6) is 11.5 Å². The number of anilines is 1. The molecule has 1 aromatic rings. The SMILES string of the molecule is CC1NCCC1C(=O)Nc1cc2c(cc1Br)OCCO2. The molecule has 0 spiro atoms. The lowest BCUT2D eigenvalue weighted by atomic mass is 10.0. The molecule has 5 nitrogen and oxygen atoms in total. The van der Waals surface area contributed by atoms with Crippen molar-refractivity contribution in [3.63, 3.8) is 0 Å². The Morgan fingerprint density at radius 3 is 2.70 bits per heavy atom. The van der Waals surface area contributed by atoms with Gasteiger partial charge in [-0.05, 0) is 35.8 Å². The van der Waals surface area contributed by atoms with Gasteiger partial charge in [0.2, 0.25) is 5.91 Å². The number of carbonyl (C=O) groups is 1. The minimum Gasteiger partial charge on any atom is -0.486 e. The molecule has 1 aromatic carbocycles. The van der Waals surface area contributed by atoms with Crippen LogP contribution in [-0.4, -0.2) is 31.7 Å². The van der Waals surface area contributed by atoms with Gasteiger partial charge in [0.1, 0.15) is 13.2 Å². The van der Waals surface area contributed by atoms with Gasteiger partial charge in [0.15, 0.2) is 11.5 Å². The van der Waals surface area contributed by atoms with Crippen LogP contribution >= 0.6 is 15.9 Å². The Hall–Kier alpha value is -1.27. The molecule has 108 valence electrons. The molecule has 6 heteroatoms. The van der Waals surface area contributed by atoms with Gasteiger partial charge in [-0.3, -0.25) is 4.79 Å². The van der Waals surface area contributed by atoms with Crippen LogP contribution in [0, 0.1) is 5.92 Å². The van der Waals surface area contributed by atoms with E-state index in [1.165, 1.54) is 0 Å². The maximum Gasteiger partial charge on any atom is 0.229 e. The first-order chi connectivity index (χ1) is 9.65. The quantitative estimate of drug-likeness (QED) is 0.866. The lowest BCUT2D eigenvalue weighted by Gasteiger charge is -2.21. The fourth-order valence-corrected chi connectivity index (χ4v) is 3.02. The first-order valence-corrected chi connectivity index (χ1v) is 7.58. The van der Waals surface area contributed by atoms with Gasteiger partial charge < -0.3 is 20.1 Å². The van der Waals surface area contributed by atoms with Crippen molar-refractivity contribution in [3.8, 4) is 11.5 Å². The molecule has 2 N–H and O–H groups in total. The molecule has 3 rings (SSSR count). The van der Waals surface area contributed by atoms with Crippen molar-refractivity contribution in [2.24, 2.45) is 5.92 Å². The Balaban J connectivity index is 1.78. The summed E-state index contributed by atoms with van der Waals surface area (Å²) in [7, 11) is 0. The summed E-state index contributed by atoms with van der Waals surface area (Å²) in [6, 6.07) is 3.86. The Labute approximate surface area is 126 Å². The summed E-state index contributed by atoms with van der Waals surface area (Å²) < 4.78 is 11.8. The third-order valence-electron chi connectivity index (χ3n) is 3.75. The Morgan fingerprint density at radius 1 is 1.35 bits per heavy atom. The van der Waals surface area contributed by atoms with Gasteiger partial charge in [-0.25, -0.2) is 0 Å². The van der Waals surface area contributed by atoms with E-state index in [0.717, 1.165) is 23.1 Å². The third-order valence-corrected chi connectivity index (χ3v) is 4.41. The summed E-state index contributed by atoms with van der Waals surface area (Å²) in [5.41, 5.74) is 0.721. The number of hydrogen-bond donors (Lipinski definition) is 2. The van der Waals surface area contributed by atoms with Crippen LogP contribution in [0.3, 0.4) is 0 Å². The average Bonchev–Trinajstić information content (AvgIpc) is 2.86. The first kappa shape index (κ1) is 13.7. The molecule has 1 fully saturated rings. The average molecular weight is 341 g/mol. The number of halogens is 1. The molecule has 0 aliphatic carbocycles. The smallest absolute Gasteiger partial charge is 0.229 e. The molecule has 2 unspecified atom stereocenters. The molecule has 2 aliphatic heterocycles. The Morgan fingerprint density at radius 2 is 2.05 bits per heavy atom. The second-order valence-corrected chi connectivity index (χ2v) is 5.96. The van der Waals surface area contributed by atoms with E-state index in [0.29, 0.717) is 24.7 Å². The number of fused-ring (bicyclic) bond motifs is 1. The standard InChI is InChI=1S/C14H17BrN2O3/c1-8-9(2-3-16-8)14(18)17-11-7-13-12(6-10(11)15)19-4-5-20-13/h6-9,16H,2-5H2,1H3,(H,17,18). The molecule has 2 atom stereocenters. The minimum atomic E-state index is 0.00935. The van der Waals surface area contributed by atoms with Crippen molar-refractivity contribution in [3.05, 3.63) is 16.6 Å². The van der Waals surface area contributed by atoms with Crippen LogP contribution in [0.15, 0.2) is 16.6 Å². The summed E-state index contributed by atoms with van der Waals surface area (Å²) in [5, 5.41) is 6.25. The van der Waals surface area contributed by atoms with E-state index in [2.05, 4.69) is 26.6 Å². The van der Waals surface area contributed by atoms with Crippen LogP contribution in [-0.2, 0) is 4.79 Å². The second kappa shape index (κ2) is 5.61. The van der Waals surface area contributed by atoms with Crippen molar-refractivity contribution >= 4 is 27.5 Å². The van der Waals surface area contributed by atoms with E-state index in [1.807, 2.05) is 19.1 Å². The maximum absolute atomic E-state index is 12.3. The summed E-state index contributed by atoms with van der Waals surface area (Å²) in [4.78, 5) is 12.3. The van der Waals surface area contributed by atoms with Crippen LogP contribution in [0.2, 0.25) is 0 Å². The van der Waals surface area contributed by atoms with E-state index in [1.54, 1.807) is 0 Å². The summed E-state index contributed by atoms with van der Waals surface area (Å²) in [6.07, 6.45) is 0.870. The molecule has 1 saturated heterocycles. The molecule has 20 heavy (non-hydrogen) atoms. The molecule has 1 amide bonds. The van der Waals surface area contributed by atoms with Crippen molar-refractivity contribution < 1.29 is 14.3 Å². The maximum atomic E-state index is 12.3. The van der Waals surface area contributed by atoms with Crippen LogP contribution in [0.4, 0.5) is 5.69 Å². The van der Waals surface area contributed by atoms with Gasteiger partial charge in [0.25, 0.3) is 0 Å². The van der Waals surface area contributed by atoms with Gasteiger partial charge in [0.05, 0.1) is 11.6 Å². The molecule has 2 heterocycles. The Bertz CT molecular complexity index is 535. The second-order valence-electron chi connectivity index (χ2n) is 5.10. The molecule has 0 saturated carbocycles. The predicted octanol–water partition coefficient (Wildman–Crippen LogP) is 2.16. The number of hydrogen-bond acceptors (Lipinski definition) is 4. The number of benzene rings is 1. The molecular formula is C14H17BrN2O3. The van der Waals surface area contributed by atoms with Gasteiger partial charge >= 0.3 is 0 Å². The lowest BCUT2D eigenvalue weighted by Crippen LogP contribution is -2.32. The largest absolute Gasteiger partial charge is 0.486 e. The Kier molecular flexibility index (Phi) is 3.85. The van der Waals surface area contributed by atoms with Crippen LogP contribution in [0.25, 0.3) is 0 Å². The topological polar surface area (TPSA) is 59.6 Å². The number of ether oxygens (including phenoxy) is 2. The zero-order valence-electron chi connectivity index (χ0n) is 11.2. The normalized spacial score (nSPS) is 24.5. The van der Waals surface area contributed by atoms with Gasteiger partial charge in [-0.1, -0.05) is 0 Å². The van der Waals surface area contributed by atoms with Crippen molar-refractivity contribution in [1.29, 1.82) is 0 Å². The van der Waals surface area contributed by atoms with Crippen LogP contribution in [0.1, 0.15) is 13.3 Å². The molecule has 0 aromatic heterocycles. The highest BCUT2D eigenvalue weighted by molar-refractivity contribution is 9.10. The summed E-state index contributed by atoms with van der Waals surface area (Å²) in [5.74, 6) is 1.43. The zero-order chi connectivity index (χ0) is 14.1. The lowest BCUT2D eigenvalue weighted by molar-refractivity contribution is -0.120. The zero-order valence-corrected chi connectivity index (χ0v) is 12.8. The van der Waals surface area contributed by atoms with Gasteiger partial charge in [-0.15, -0.1) is 0 Å². The van der Waals surface area contributed by atoms with Gasteiger partial charge in [0, 0.05) is 22.6 Å². The third kappa shape index (κ3) is 2.62. The molecule has 0 radical (unpaired) electrons. The van der Waals surface area contributed by atoms with Crippen molar-refractivity contribution in [2.45, 2.75) is 19.4 Å². The summed E-state index contributed by atoms with van der Waals surface area (Å²) >= 11 is 3.46. The number of amides is 1. The van der Waals surface area contributed by atoms with E-state index in [9.17, 15) is 4.79 Å². The molecule has 2 aliphatic rings. The van der Waals surface area contributed by atoms with E-state index in [4.69, 9.17) is 9.47 Å². The molecular weight excluding hydrogens is 324 g/mol. The fourth-order valence-electron chi connectivity index (χ4n) is 2.60. The molecule has 0 bridgehead atoms.